The second-order valence-electron chi connectivity index (χ2n) is 2.46. The fourth-order valence-electron chi connectivity index (χ4n) is 0.804. The molecule has 6 nitrogen and oxygen atoms in total. The van der Waals surface area contributed by atoms with Crippen molar-refractivity contribution in [2.75, 3.05) is 0 Å². The number of aromatic nitrogens is 6. The van der Waals surface area contributed by atoms with Crippen molar-refractivity contribution in [3.05, 3.63) is 16.4 Å². The van der Waals surface area contributed by atoms with Gasteiger partial charge in [-0.3, -0.25) is 5.10 Å². The van der Waals surface area contributed by atoms with Crippen molar-refractivity contribution >= 4 is 35.0 Å². The van der Waals surface area contributed by atoms with E-state index in [1.54, 1.807) is 6.92 Å². The number of rotatable bonds is 2. The lowest BCUT2D eigenvalue weighted by atomic mass is 10.8. The van der Waals surface area contributed by atoms with Crippen molar-refractivity contribution in [2.24, 2.45) is 0 Å². The highest BCUT2D eigenvalue weighted by Crippen LogP contribution is 2.22. The third-order valence-electron chi connectivity index (χ3n) is 1.32. The Kier molecular flexibility index (Phi) is 3.03. The highest BCUT2D eigenvalue weighted by molar-refractivity contribution is 7.99. The molecule has 9 heteroatoms. The summed E-state index contributed by atoms with van der Waals surface area (Å²) in [7, 11) is 0. The van der Waals surface area contributed by atoms with Gasteiger partial charge in [0.05, 0.1) is 0 Å². The lowest BCUT2D eigenvalue weighted by Gasteiger charge is -1.95. The van der Waals surface area contributed by atoms with E-state index in [1.165, 1.54) is 0 Å². The zero-order chi connectivity index (χ0) is 10.8. The van der Waals surface area contributed by atoms with Gasteiger partial charge in [-0.15, -0.1) is 5.10 Å². The second-order valence-corrected chi connectivity index (χ2v) is 4.07. The molecule has 0 aliphatic rings. The van der Waals surface area contributed by atoms with Crippen molar-refractivity contribution in [3.63, 3.8) is 0 Å². The molecule has 2 aromatic rings. The summed E-state index contributed by atoms with van der Waals surface area (Å²) < 4.78 is 0. The number of H-pyrrole nitrogens is 1. The average molecular weight is 263 g/mol. The lowest BCUT2D eigenvalue weighted by Crippen LogP contribution is -1.92. The predicted octanol–water partition coefficient (Wildman–Crippen LogP) is 1.76. The van der Waals surface area contributed by atoms with Gasteiger partial charge in [0.1, 0.15) is 5.82 Å². The summed E-state index contributed by atoms with van der Waals surface area (Å²) in [6.07, 6.45) is 0. The van der Waals surface area contributed by atoms with E-state index in [0.29, 0.717) is 16.1 Å². The first-order valence-electron chi connectivity index (χ1n) is 3.77. The molecular weight excluding hydrogens is 259 g/mol. The van der Waals surface area contributed by atoms with Crippen LogP contribution in [0.3, 0.4) is 0 Å². The molecule has 0 bridgehead atoms. The molecule has 0 aliphatic carbocycles. The Hall–Kier alpha value is -0.920. The maximum atomic E-state index is 5.61. The molecule has 0 aromatic carbocycles. The normalized spacial score (nSPS) is 10.6. The van der Waals surface area contributed by atoms with Crippen LogP contribution < -0.4 is 0 Å². The van der Waals surface area contributed by atoms with Gasteiger partial charge in [-0.1, -0.05) is 0 Å². The minimum atomic E-state index is 0.0461. The van der Waals surface area contributed by atoms with Crippen molar-refractivity contribution in [1.29, 1.82) is 0 Å². The molecule has 0 aliphatic heterocycles. The largest absolute Gasteiger partial charge is 0.262 e. The van der Waals surface area contributed by atoms with Gasteiger partial charge in [-0.05, 0) is 41.9 Å². The first-order chi connectivity index (χ1) is 7.13. The molecule has 2 rings (SSSR count). The molecule has 0 fully saturated rings. The molecule has 2 aromatic heterocycles. The van der Waals surface area contributed by atoms with Crippen LogP contribution in [0.1, 0.15) is 5.82 Å². The minimum absolute atomic E-state index is 0.0461. The third-order valence-corrected chi connectivity index (χ3v) is 2.39. The van der Waals surface area contributed by atoms with Crippen molar-refractivity contribution in [1.82, 2.24) is 30.1 Å². The van der Waals surface area contributed by atoms with Crippen LogP contribution in [0.2, 0.25) is 10.6 Å². The van der Waals surface area contributed by atoms with Gasteiger partial charge < -0.3 is 0 Å². The fraction of sp³-hybridized carbons (Fsp3) is 0.167. The molecule has 78 valence electrons. The van der Waals surface area contributed by atoms with E-state index in [0.717, 1.165) is 11.8 Å². The Morgan fingerprint density at radius 2 is 1.67 bits per heavy atom. The van der Waals surface area contributed by atoms with E-state index in [9.17, 15) is 0 Å². The zero-order valence-corrected chi connectivity index (χ0v) is 9.73. The van der Waals surface area contributed by atoms with Crippen LogP contribution in [0.15, 0.2) is 10.3 Å². The van der Waals surface area contributed by atoms with E-state index in [4.69, 9.17) is 23.2 Å². The average Bonchev–Trinajstić information content (AvgIpc) is 2.49. The van der Waals surface area contributed by atoms with E-state index in [1.807, 2.05) is 0 Å². The number of hydrogen-bond acceptors (Lipinski definition) is 6. The Morgan fingerprint density at radius 1 is 1.00 bits per heavy atom. The number of hydrogen-bond donors (Lipinski definition) is 1. The quantitative estimate of drug-likeness (QED) is 0.889. The number of halogens is 2. The number of nitrogens with zero attached hydrogens (tertiary/aromatic N) is 5. The Bertz CT molecular complexity index is 466. The molecule has 0 unspecified atom stereocenters. The van der Waals surface area contributed by atoms with Crippen LogP contribution in [0.5, 0.6) is 0 Å². The van der Waals surface area contributed by atoms with E-state index in [-0.39, 0.29) is 10.6 Å². The van der Waals surface area contributed by atoms with Crippen molar-refractivity contribution in [3.8, 4) is 0 Å². The number of aryl methyl sites for hydroxylation is 1. The first-order valence-corrected chi connectivity index (χ1v) is 5.34. The highest BCUT2D eigenvalue weighted by Gasteiger charge is 2.08. The fourth-order valence-corrected chi connectivity index (χ4v) is 1.97. The van der Waals surface area contributed by atoms with Crippen LogP contribution in [0, 0.1) is 6.92 Å². The van der Waals surface area contributed by atoms with E-state index in [2.05, 4.69) is 30.1 Å². The zero-order valence-electron chi connectivity index (χ0n) is 7.40. The van der Waals surface area contributed by atoms with Crippen LogP contribution in [0.25, 0.3) is 0 Å². The minimum Gasteiger partial charge on any atom is -0.262 e. The Morgan fingerprint density at radius 3 is 2.20 bits per heavy atom. The van der Waals surface area contributed by atoms with Gasteiger partial charge in [0.25, 0.3) is 0 Å². The molecule has 1 N–H and O–H groups in total. The molecule has 0 saturated heterocycles. The number of nitrogens with one attached hydrogen (secondary N) is 1. The standard InChI is InChI=1S/C6H4Cl2N6S/c1-2-9-6(14-13-2)15-5-11-3(7)10-4(8)12-5/h1H3,(H,9,13,14). The summed E-state index contributed by atoms with van der Waals surface area (Å²) in [4.78, 5) is 15.4. The van der Waals surface area contributed by atoms with Gasteiger partial charge in [0.2, 0.25) is 20.9 Å². The van der Waals surface area contributed by atoms with Crippen molar-refractivity contribution in [2.45, 2.75) is 17.2 Å². The molecule has 15 heavy (non-hydrogen) atoms. The van der Waals surface area contributed by atoms with Crippen LogP contribution >= 0.6 is 35.0 Å². The molecule has 0 spiro atoms. The van der Waals surface area contributed by atoms with E-state index < -0.39 is 0 Å². The second kappa shape index (κ2) is 4.30. The maximum Gasteiger partial charge on any atom is 0.227 e. The van der Waals surface area contributed by atoms with Gasteiger partial charge >= 0.3 is 0 Å². The van der Waals surface area contributed by atoms with Gasteiger partial charge in [-0.25, -0.2) is 4.98 Å². The van der Waals surface area contributed by atoms with Gasteiger partial charge in [0.15, 0.2) is 0 Å². The van der Waals surface area contributed by atoms with Crippen LogP contribution in [-0.4, -0.2) is 30.1 Å². The number of aromatic amines is 1. The summed E-state index contributed by atoms with van der Waals surface area (Å²) in [6, 6.07) is 0. The molecule has 0 atom stereocenters. The summed E-state index contributed by atoms with van der Waals surface area (Å²) >= 11 is 12.4. The molecular formula is C6H4Cl2N6S. The van der Waals surface area contributed by atoms with Crippen LogP contribution in [-0.2, 0) is 0 Å². The molecule has 0 saturated carbocycles. The summed E-state index contributed by atoms with van der Waals surface area (Å²) in [5.74, 6) is 0.712. The van der Waals surface area contributed by atoms with Gasteiger partial charge in [-0.2, -0.15) is 15.0 Å². The monoisotopic (exact) mass is 262 g/mol. The van der Waals surface area contributed by atoms with Gasteiger partial charge in [0, 0.05) is 0 Å². The SMILES string of the molecule is Cc1nc(Sc2nc(Cl)nc(Cl)n2)n[nH]1. The van der Waals surface area contributed by atoms with Crippen molar-refractivity contribution < 1.29 is 0 Å². The molecule has 2 heterocycles. The van der Waals surface area contributed by atoms with E-state index >= 15 is 0 Å². The smallest absolute Gasteiger partial charge is 0.227 e. The summed E-state index contributed by atoms with van der Waals surface area (Å²) in [6.45, 7) is 1.80. The molecule has 0 radical (unpaired) electrons. The lowest BCUT2D eigenvalue weighted by molar-refractivity contribution is 0.891. The summed E-state index contributed by atoms with van der Waals surface area (Å²) in [5, 5.41) is 7.57. The molecule has 0 amide bonds. The topological polar surface area (TPSA) is 80.2 Å². The predicted molar refractivity (Wildman–Crippen MR) is 55.1 cm³/mol. The Labute approximate surface area is 98.9 Å². The Balaban J connectivity index is 2.24. The maximum absolute atomic E-state index is 5.61. The third kappa shape index (κ3) is 2.77. The summed E-state index contributed by atoms with van der Waals surface area (Å²) in [5.41, 5.74) is 0. The first kappa shape index (κ1) is 10.6. The van der Waals surface area contributed by atoms with Crippen LogP contribution in [0.4, 0.5) is 0 Å². The highest BCUT2D eigenvalue weighted by atomic mass is 35.5.